The van der Waals surface area contributed by atoms with Crippen LogP contribution in [0.2, 0.25) is 0 Å². The normalized spacial score (nSPS) is 17.9. The van der Waals surface area contributed by atoms with E-state index in [1.54, 1.807) is 30.0 Å². The Morgan fingerprint density at radius 1 is 1.07 bits per heavy atom. The molecule has 1 saturated carbocycles. The van der Waals surface area contributed by atoms with Crippen LogP contribution in [0.3, 0.4) is 0 Å². The molecule has 2 aliphatic rings. The number of nitrogens with one attached hydrogen (secondary N) is 3. The molecule has 2 aromatic rings. The molecule has 0 aromatic heterocycles. The minimum atomic E-state index is -0.960. The number of ether oxygens (including phenoxy) is 1. The summed E-state index contributed by atoms with van der Waals surface area (Å²) in [5, 5.41) is 20.6. The maximum atomic E-state index is 13.6. The Kier molecular flexibility index (Phi) is 11.8. The third-order valence-corrected chi connectivity index (χ3v) is 8.07. The van der Waals surface area contributed by atoms with Gasteiger partial charge >= 0.3 is 0 Å². The number of nitrogens with zero attached hydrogens (tertiary/aromatic N) is 1. The second kappa shape index (κ2) is 15.7. The van der Waals surface area contributed by atoms with E-state index in [1.165, 1.54) is 6.42 Å². The average molecular weight is 579 g/mol. The van der Waals surface area contributed by atoms with Gasteiger partial charge in [-0.05, 0) is 56.7 Å². The fourth-order valence-corrected chi connectivity index (χ4v) is 5.60. The van der Waals surface area contributed by atoms with Gasteiger partial charge in [0.1, 0.15) is 5.75 Å². The van der Waals surface area contributed by atoms with Gasteiger partial charge in [0.2, 0.25) is 11.8 Å². The summed E-state index contributed by atoms with van der Waals surface area (Å²) in [6.45, 7) is 5.02. The molecule has 1 heterocycles. The van der Waals surface area contributed by atoms with Crippen molar-refractivity contribution < 1.29 is 24.2 Å². The van der Waals surface area contributed by atoms with Gasteiger partial charge in [0, 0.05) is 42.9 Å². The molecule has 42 heavy (non-hydrogen) atoms. The van der Waals surface area contributed by atoms with Crippen LogP contribution in [0, 0.1) is 0 Å². The van der Waals surface area contributed by atoms with Crippen LogP contribution < -0.4 is 25.6 Å². The molecule has 9 nitrogen and oxygen atoms in total. The Bertz CT molecular complexity index is 1180. The molecule has 3 atom stereocenters. The molecule has 1 aliphatic heterocycles. The first-order chi connectivity index (χ1) is 20.3. The van der Waals surface area contributed by atoms with E-state index < -0.39 is 18.2 Å². The SMILES string of the molecule is CCCOc1cc(C(=O)N[C@@H](Cc2ccccc2)[C@H](O)CN[C@@H](C)C(=O)NC2CCCCC2)cc(N2CCCC2=O)c1. The summed E-state index contributed by atoms with van der Waals surface area (Å²) in [5.41, 5.74) is 1.96. The fraction of sp³-hybridized carbons (Fsp3) is 0.545. The van der Waals surface area contributed by atoms with E-state index in [0.717, 1.165) is 44.1 Å². The minimum absolute atomic E-state index is 0.0269. The first-order valence-corrected chi connectivity index (χ1v) is 15.5. The molecular formula is C33H46N4O5. The summed E-state index contributed by atoms with van der Waals surface area (Å²) in [7, 11) is 0. The summed E-state index contributed by atoms with van der Waals surface area (Å²) in [6.07, 6.45) is 7.01. The van der Waals surface area contributed by atoms with Crippen molar-refractivity contribution in [2.75, 3.05) is 24.6 Å². The third-order valence-electron chi connectivity index (χ3n) is 8.07. The van der Waals surface area contributed by atoms with Crippen molar-refractivity contribution in [2.45, 2.75) is 95.9 Å². The lowest BCUT2D eigenvalue weighted by atomic mass is 9.95. The van der Waals surface area contributed by atoms with E-state index in [0.29, 0.717) is 43.0 Å². The summed E-state index contributed by atoms with van der Waals surface area (Å²) in [4.78, 5) is 40.5. The second-order valence-corrected chi connectivity index (χ2v) is 11.5. The van der Waals surface area contributed by atoms with Gasteiger partial charge in [0.15, 0.2) is 0 Å². The van der Waals surface area contributed by atoms with E-state index >= 15 is 0 Å². The third kappa shape index (κ3) is 9.03. The van der Waals surface area contributed by atoms with E-state index in [1.807, 2.05) is 37.3 Å². The van der Waals surface area contributed by atoms with Crippen LogP contribution in [0.15, 0.2) is 48.5 Å². The molecule has 0 unspecified atom stereocenters. The Morgan fingerprint density at radius 2 is 1.83 bits per heavy atom. The highest BCUT2D eigenvalue weighted by Crippen LogP contribution is 2.28. The molecule has 0 radical (unpaired) electrons. The molecule has 9 heteroatoms. The first-order valence-electron chi connectivity index (χ1n) is 15.5. The van der Waals surface area contributed by atoms with Crippen LogP contribution in [-0.4, -0.2) is 66.8 Å². The second-order valence-electron chi connectivity index (χ2n) is 11.5. The van der Waals surface area contributed by atoms with E-state index in [4.69, 9.17) is 4.74 Å². The summed E-state index contributed by atoms with van der Waals surface area (Å²) >= 11 is 0. The van der Waals surface area contributed by atoms with Crippen LogP contribution in [0.4, 0.5) is 5.69 Å². The van der Waals surface area contributed by atoms with Crippen molar-refractivity contribution in [2.24, 2.45) is 0 Å². The van der Waals surface area contributed by atoms with Gasteiger partial charge in [-0.1, -0.05) is 56.5 Å². The molecule has 0 bridgehead atoms. The highest BCUT2D eigenvalue weighted by Gasteiger charge is 2.27. The molecule has 0 spiro atoms. The number of carbonyl (C=O) groups excluding carboxylic acids is 3. The van der Waals surface area contributed by atoms with Crippen LogP contribution >= 0.6 is 0 Å². The average Bonchev–Trinajstić information content (AvgIpc) is 3.44. The lowest BCUT2D eigenvalue weighted by molar-refractivity contribution is -0.123. The zero-order valence-electron chi connectivity index (χ0n) is 24.9. The minimum Gasteiger partial charge on any atom is -0.494 e. The van der Waals surface area contributed by atoms with Gasteiger partial charge in [-0.3, -0.25) is 14.4 Å². The van der Waals surface area contributed by atoms with E-state index in [2.05, 4.69) is 16.0 Å². The monoisotopic (exact) mass is 578 g/mol. The highest BCUT2D eigenvalue weighted by molar-refractivity contribution is 5.99. The van der Waals surface area contributed by atoms with E-state index in [9.17, 15) is 19.5 Å². The number of amides is 3. The van der Waals surface area contributed by atoms with Crippen LogP contribution in [-0.2, 0) is 16.0 Å². The van der Waals surface area contributed by atoms with Gasteiger partial charge in [0.25, 0.3) is 5.91 Å². The first kappa shape index (κ1) is 31.5. The largest absolute Gasteiger partial charge is 0.494 e. The molecule has 4 N–H and O–H groups in total. The topological polar surface area (TPSA) is 120 Å². The number of benzene rings is 2. The molecule has 2 fully saturated rings. The Balaban J connectivity index is 1.46. The fourth-order valence-electron chi connectivity index (χ4n) is 5.60. The quantitative estimate of drug-likeness (QED) is 0.271. The van der Waals surface area contributed by atoms with Crippen molar-refractivity contribution in [1.82, 2.24) is 16.0 Å². The number of aliphatic hydroxyl groups is 1. The van der Waals surface area contributed by atoms with Crippen molar-refractivity contribution in [3.63, 3.8) is 0 Å². The van der Waals surface area contributed by atoms with Gasteiger partial charge in [-0.2, -0.15) is 0 Å². The molecule has 2 aromatic carbocycles. The van der Waals surface area contributed by atoms with Crippen molar-refractivity contribution >= 4 is 23.4 Å². The highest BCUT2D eigenvalue weighted by atomic mass is 16.5. The zero-order valence-corrected chi connectivity index (χ0v) is 24.9. The number of anilines is 1. The van der Waals surface area contributed by atoms with Crippen molar-refractivity contribution in [3.05, 3.63) is 59.7 Å². The molecular weight excluding hydrogens is 532 g/mol. The maximum Gasteiger partial charge on any atom is 0.251 e. The molecule has 4 rings (SSSR count). The number of aliphatic hydroxyl groups excluding tert-OH is 1. The molecule has 1 aliphatic carbocycles. The van der Waals surface area contributed by atoms with Crippen LogP contribution in [0.5, 0.6) is 5.75 Å². The van der Waals surface area contributed by atoms with Gasteiger partial charge < -0.3 is 30.7 Å². The number of rotatable bonds is 14. The predicted molar refractivity (Wildman–Crippen MR) is 164 cm³/mol. The number of carbonyl (C=O) groups is 3. The Labute approximate surface area is 249 Å². The predicted octanol–water partition coefficient (Wildman–Crippen LogP) is 3.73. The standard InChI is InChI=1S/C33H46N4O5/c1-3-17-42-28-20-25(19-27(21-28)37-16-10-15-31(37)39)33(41)36-29(18-24-11-6-4-7-12-24)30(38)22-34-23(2)32(40)35-26-13-8-5-9-14-26/h4,6-7,11-12,19-21,23,26,29-30,34,38H,3,5,8-10,13-18,22H2,1-2H3,(H,35,40)(H,36,41)/t23-,29-,30+/m0/s1. The van der Waals surface area contributed by atoms with E-state index in [-0.39, 0.29) is 30.3 Å². The lowest BCUT2D eigenvalue weighted by Crippen LogP contribution is -2.53. The summed E-state index contributed by atoms with van der Waals surface area (Å²) in [5.74, 6) is 0.108. The van der Waals surface area contributed by atoms with Crippen molar-refractivity contribution in [1.29, 1.82) is 0 Å². The smallest absolute Gasteiger partial charge is 0.251 e. The van der Waals surface area contributed by atoms with Crippen LogP contribution in [0.25, 0.3) is 0 Å². The summed E-state index contributed by atoms with van der Waals surface area (Å²) in [6, 6.07) is 14.0. The Morgan fingerprint density at radius 3 is 2.52 bits per heavy atom. The maximum absolute atomic E-state index is 13.6. The molecule has 3 amide bonds. The van der Waals surface area contributed by atoms with Gasteiger partial charge in [0.05, 0.1) is 24.8 Å². The molecule has 1 saturated heterocycles. The van der Waals surface area contributed by atoms with Gasteiger partial charge in [-0.25, -0.2) is 0 Å². The molecule has 228 valence electrons. The Hall–Kier alpha value is -3.43. The van der Waals surface area contributed by atoms with Gasteiger partial charge in [-0.15, -0.1) is 0 Å². The lowest BCUT2D eigenvalue weighted by Gasteiger charge is -2.28. The van der Waals surface area contributed by atoms with Crippen molar-refractivity contribution in [3.8, 4) is 5.75 Å². The number of hydrogen-bond acceptors (Lipinski definition) is 6. The summed E-state index contributed by atoms with van der Waals surface area (Å²) < 4.78 is 5.86. The van der Waals surface area contributed by atoms with Crippen LogP contribution in [0.1, 0.15) is 81.1 Å². The zero-order chi connectivity index (χ0) is 29.9. The number of hydrogen-bond donors (Lipinski definition) is 4.